The van der Waals surface area contributed by atoms with E-state index in [1.54, 1.807) is 19.0 Å². The molecular formula is C18H21N3O3S2. The monoisotopic (exact) mass is 391 g/mol. The first-order valence-electron chi connectivity index (χ1n) is 8.16. The number of carbonyl (C=O) groups excluding carboxylic acids is 1. The first kappa shape index (κ1) is 18.7. The van der Waals surface area contributed by atoms with Gasteiger partial charge in [-0.2, -0.15) is 0 Å². The van der Waals surface area contributed by atoms with Crippen LogP contribution in [0.3, 0.4) is 0 Å². The molecule has 0 spiro atoms. The molecule has 6 nitrogen and oxygen atoms in total. The molecule has 0 atom stereocenters. The summed E-state index contributed by atoms with van der Waals surface area (Å²) in [6.07, 6.45) is 0. The van der Waals surface area contributed by atoms with E-state index in [0.29, 0.717) is 17.1 Å². The van der Waals surface area contributed by atoms with E-state index in [0.717, 1.165) is 26.8 Å². The lowest BCUT2D eigenvalue weighted by Gasteiger charge is -2.15. The molecule has 0 unspecified atom stereocenters. The van der Waals surface area contributed by atoms with Gasteiger partial charge in [-0.3, -0.25) is 14.2 Å². The first-order chi connectivity index (χ1) is 12.3. The molecule has 1 amide bonds. The Morgan fingerprint density at radius 3 is 2.73 bits per heavy atom. The summed E-state index contributed by atoms with van der Waals surface area (Å²) in [6.45, 7) is 6.22. The Hall–Kier alpha value is -2.06. The average molecular weight is 392 g/mol. The molecule has 0 aliphatic heterocycles. The molecule has 138 valence electrons. The van der Waals surface area contributed by atoms with E-state index >= 15 is 0 Å². The molecule has 3 aromatic rings. The van der Waals surface area contributed by atoms with Gasteiger partial charge in [0.1, 0.15) is 16.4 Å². The number of hydrogen-bond donors (Lipinski definition) is 0. The fourth-order valence-corrected chi connectivity index (χ4v) is 4.60. The number of thioether (sulfide) groups is 1. The fourth-order valence-electron chi connectivity index (χ4n) is 2.61. The van der Waals surface area contributed by atoms with Crippen LogP contribution in [0.5, 0.6) is 0 Å². The van der Waals surface area contributed by atoms with Gasteiger partial charge < -0.3 is 9.32 Å². The van der Waals surface area contributed by atoms with Crippen molar-refractivity contribution in [2.45, 2.75) is 32.5 Å². The highest BCUT2D eigenvalue weighted by molar-refractivity contribution is 7.99. The lowest BCUT2D eigenvalue weighted by atomic mass is 10.2. The van der Waals surface area contributed by atoms with Gasteiger partial charge in [-0.1, -0.05) is 11.8 Å². The second-order valence-electron chi connectivity index (χ2n) is 6.27. The summed E-state index contributed by atoms with van der Waals surface area (Å²) in [5.41, 5.74) is 0.922. The molecule has 3 heterocycles. The van der Waals surface area contributed by atoms with Crippen molar-refractivity contribution in [3.8, 4) is 0 Å². The van der Waals surface area contributed by atoms with Crippen LogP contribution in [0.2, 0.25) is 0 Å². The van der Waals surface area contributed by atoms with Crippen LogP contribution in [0.1, 0.15) is 22.0 Å². The average Bonchev–Trinajstić information content (AvgIpc) is 3.12. The summed E-state index contributed by atoms with van der Waals surface area (Å²) in [7, 11) is 3.44. The lowest BCUT2D eigenvalue weighted by molar-refractivity contribution is -0.127. The maximum Gasteiger partial charge on any atom is 0.262 e. The van der Waals surface area contributed by atoms with E-state index in [1.807, 2.05) is 32.9 Å². The third-order valence-electron chi connectivity index (χ3n) is 4.31. The number of amides is 1. The summed E-state index contributed by atoms with van der Waals surface area (Å²) >= 11 is 2.79. The largest absolute Gasteiger partial charge is 0.464 e. The highest BCUT2D eigenvalue weighted by Gasteiger charge is 2.17. The van der Waals surface area contributed by atoms with Gasteiger partial charge in [0, 0.05) is 19.0 Å². The summed E-state index contributed by atoms with van der Waals surface area (Å²) in [5.74, 6) is 1.74. The quantitative estimate of drug-likeness (QED) is 0.493. The molecule has 3 aromatic heterocycles. The van der Waals surface area contributed by atoms with E-state index in [9.17, 15) is 9.59 Å². The Kier molecular flexibility index (Phi) is 5.24. The molecule has 0 fully saturated rings. The minimum atomic E-state index is -0.0637. The van der Waals surface area contributed by atoms with Gasteiger partial charge in [-0.15, -0.1) is 11.3 Å². The topological polar surface area (TPSA) is 68.3 Å². The number of fused-ring (bicyclic) bond motifs is 1. The third-order valence-corrected chi connectivity index (χ3v) is 6.42. The zero-order chi connectivity index (χ0) is 19.0. The Morgan fingerprint density at radius 1 is 1.35 bits per heavy atom. The molecule has 0 saturated carbocycles. The van der Waals surface area contributed by atoms with Crippen molar-refractivity contribution in [3.63, 3.8) is 0 Å². The summed E-state index contributed by atoms with van der Waals surface area (Å²) in [6, 6.07) is 3.75. The second-order valence-corrected chi connectivity index (χ2v) is 8.42. The number of furan rings is 1. The SMILES string of the molecule is Cc1ccc(CN(C)C(=O)CSc2nc3sc(C)c(C)c3c(=O)n2C)o1. The number of aryl methyl sites for hydroxylation is 3. The number of hydrogen-bond acceptors (Lipinski definition) is 6. The van der Waals surface area contributed by atoms with Gasteiger partial charge >= 0.3 is 0 Å². The Bertz CT molecular complexity index is 1030. The molecule has 0 saturated heterocycles. The predicted molar refractivity (Wildman–Crippen MR) is 105 cm³/mol. The Balaban J connectivity index is 1.74. The van der Waals surface area contributed by atoms with Gasteiger partial charge in [0.25, 0.3) is 5.56 Å². The highest BCUT2D eigenvalue weighted by atomic mass is 32.2. The molecule has 0 radical (unpaired) electrons. The van der Waals surface area contributed by atoms with Gasteiger partial charge in [-0.25, -0.2) is 4.98 Å². The third kappa shape index (κ3) is 3.57. The molecule has 0 bridgehead atoms. The molecule has 0 aromatic carbocycles. The lowest BCUT2D eigenvalue weighted by Crippen LogP contribution is -2.28. The zero-order valence-electron chi connectivity index (χ0n) is 15.5. The minimum absolute atomic E-state index is 0.0445. The maximum atomic E-state index is 12.6. The van der Waals surface area contributed by atoms with Crippen molar-refractivity contribution >= 4 is 39.2 Å². The number of rotatable bonds is 5. The van der Waals surface area contributed by atoms with Crippen molar-refractivity contribution in [3.05, 3.63) is 44.4 Å². The standard InChI is InChI=1S/C18H21N3O3S2/c1-10-6-7-13(24-10)8-20(4)14(22)9-25-18-19-16-15(17(23)21(18)5)11(2)12(3)26-16/h6-7H,8-9H2,1-5H3. The molecule has 3 rings (SSSR count). The highest BCUT2D eigenvalue weighted by Crippen LogP contribution is 2.28. The van der Waals surface area contributed by atoms with E-state index in [4.69, 9.17) is 4.42 Å². The maximum absolute atomic E-state index is 12.6. The summed E-state index contributed by atoms with van der Waals surface area (Å²) in [4.78, 5) is 33.0. The molecule has 26 heavy (non-hydrogen) atoms. The first-order valence-corrected chi connectivity index (χ1v) is 9.97. The van der Waals surface area contributed by atoms with Crippen LogP contribution in [0.15, 0.2) is 26.5 Å². The molecule has 0 aliphatic carbocycles. The van der Waals surface area contributed by atoms with Crippen LogP contribution >= 0.6 is 23.1 Å². The van der Waals surface area contributed by atoms with Crippen LogP contribution in [0.25, 0.3) is 10.2 Å². The van der Waals surface area contributed by atoms with Crippen LogP contribution in [0, 0.1) is 20.8 Å². The zero-order valence-corrected chi connectivity index (χ0v) is 17.1. The Labute approximate surface area is 159 Å². The summed E-state index contributed by atoms with van der Waals surface area (Å²) in [5, 5.41) is 1.23. The van der Waals surface area contributed by atoms with Crippen molar-refractivity contribution in [2.75, 3.05) is 12.8 Å². The van der Waals surface area contributed by atoms with Crippen molar-refractivity contribution < 1.29 is 9.21 Å². The second kappa shape index (κ2) is 7.28. The Morgan fingerprint density at radius 2 is 2.08 bits per heavy atom. The van der Waals surface area contributed by atoms with Crippen LogP contribution in [0.4, 0.5) is 0 Å². The van der Waals surface area contributed by atoms with E-state index in [-0.39, 0.29) is 17.2 Å². The fraction of sp³-hybridized carbons (Fsp3) is 0.389. The van der Waals surface area contributed by atoms with E-state index < -0.39 is 0 Å². The number of nitrogens with zero attached hydrogens (tertiary/aromatic N) is 3. The van der Waals surface area contributed by atoms with Gasteiger partial charge in [0.15, 0.2) is 5.16 Å². The van der Waals surface area contributed by atoms with Crippen LogP contribution in [-0.2, 0) is 18.4 Å². The van der Waals surface area contributed by atoms with Gasteiger partial charge in [0.05, 0.1) is 17.7 Å². The van der Waals surface area contributed by atoms with Crippen molar-refractivity contribution in [1.82, 2.24) is 14.5 Å². The smallest absolute Gasteiger partial charge is 0.262 e. The number of carbonyl (C=O) groups is 1. The molecule has 0 N–H and O–H groups in total. The number of thiophene rings is 1. The molecule has 8 heteroatoms. The van der Waals surface area contributed by atoms with Crippen molar-refractivity contribution in [1.29, 1.82) is 0 Å². The van der Waals surface area contributed by atoms with E-state index in [2.05, 4.69) is 4.98 Å². The van der Waals surface area contributed by atoms with Gasteiger partial charge in [-0.05, 0) is 38.5 Å². The molecular weight excluding hydrogens is 370 g/mol. The van der Waals surface area contributed by atoms with Crippen LogP contribution in [-0.4, -0.2) is 33.2 Å². The normalized spacial score (nSPS) is 11.3. The summed E-state index contributed by atoms with van der Waals surface area (Å²) < 4.78 is 7.03. The van der Waals surface area contributed by atoms with Gasteiger partial charge in [0.2, 0.25) is 5.91 Å². The van der Waals surface area contributed by atoms with Crippen molar-refractivity contribution in [2.24, 2.45) is 7.05 Å². The predicted octanol–water partition coefficient (Wildman–Crippen LogP) is 3.26. The van der Waals surface area contributed by atoms with E-state index in [1.165, 1.54) is 27.7 Å². The minimum Gasteiger partial charge on any atom is -0.464 e. The molecule has 0 aliphatic rings. The van der Waals surface area contributed by atoms with Crippen LogP contribution < -0.4 is 5.56 Å². The number of aromatic nitrogens is 2.